The zero-order valence-electron chi connectivity index (χ0n) is 13.9. The molecule has 1 rings (SSSR count). The molecule has 5 heteroatoms. The number of hydrogen-bond acceptors (Lipinski definition) is 5. The predicted molar refractivity (Wildman–Crippen MR) is 94.4 cm³/mol. The van der Waals surface area contributed by atoms with Crippen LogP contribution in [0.15, 0.2) is 0 Å². The zero-order valence-corrected chi connectivity index (χ0v) is 15.5. The van der Waals surface area contributed by atoms with E-state index in [9.17, 15) is 0 Å². The van der Waals surface area contributed by atoms with Crippen LogP contribution in [0.3, 0.4) is 0 Å². The van der Waals surface area contributed by atoms with Crippen molar-refractivity contribution in [3.05, 3.63) is 10.6 Å². The maximum atomic E-state index is 4.93. The van der Waals surface area contributed by atoms with E-state index in [1.807, 2.05) is 30.1 Å². The molecule has 1 aromatic heterocycles. The van der Waals surface area contributed by atoms with Gasteiger partial charge in [-0.15, -0.1) is 11.3 Å². The molecule has 0 radical (unpaired) electrons. The van der Waals surface area contributed by atoms with Gasteiger partial charge in [0.15, 0.2) is 5.13 Å². The van der Waals surface area contributed by atoms with Gasteiger partial charge < -0.3 is 10.2 Å². The molecule has 1 heterocycles. The van der Waals surface area contributed by atoms with Crippen molar-refractivity contribution in [1.29, 1.82) is 0 Å². The summed E-state index contributed by atoms with van der Waals surface area (Å²) in [6.45, 7) is 9.90. The SMILES string of the molecule is CNCc1sc(N(C)C(C)CCSC)nc1C(C)(C)C. The molecule has 20 heavy (non-hydrogen) atoms. The van der Waals surface area contributed by atoms with Crippen LogP contribution in [0, 0.1) is 0 Å². The lowest BCUT2D eigenvalue weighted by atomic mass is 9.91. The van der Waals surface area contributed by atoms with Gasteiger partial charge in [0.05, 0.1) is 5.69 Å². The van der Waals surface area contributed by atoms with E-state index >= 15 is 0 Å². The van der Waals surface area contributed by atoms with Crippen molar-refractivity contribution in [3.63, 3.8) is 0 Å². The Hall–Kier alpha value is -0.260. The molecule has 116 valence electrons. The molecule has 1 N–H and O–H groups in total. The highest BCUT2D eigenvalue weighted by molar-refractivity contribution is 7.98. The van der Waals surface area contributed by atoms with E-state index in [4.69, 9.17) is 4.98 Å². The zero-order chi connectivity index (χ0) is 15.3. The molecule has 0 aliphatic carbocycles. The standard InChI is InChI=1S/C15H29N3S2/c1-11(8-9-19-7)18(6)14-17-13(15(2,3)4)12(20-14)10-16-5/h11,16H,8-10H2,1-7H3. The van der Waals surface area contributed by atoms with Crippen LogP contribution in [0.5, 0.6) is 0 Å². The molecule has 0 aromatic carbocycles. The van der Waals surface area contributed by atoms with Crippen molar-refractivity contribution in [2.75, 3.05) is 31.0 Å². The molecule has 1 atom stereocenters. The summed E-state index contributed by atoms with van der Waals surface area (Å²) >= 11 is 3.74. The Bertz CT molecular complexity index is 410. The van der Waals surface area contributed by atoms with Gasteiger partial charge >= 0.3 is 0 Å². The molecule has 1 aromatic rings. The fourth-order valence-corrected chi connectivity index (χ4v) is 3.95. The van der Waals surface area contributed by atoms with Crippen LogP contribution in [0.4, 0.5) is 5.13 Å². The highest BCUT2D eigenvalue weighted by atomic mass is 32.2. The third-order valence-electron chi connectivity index (χ3n) is 3.44. The van der Waals surface area contributed by atoms with Crippen molar-refractivity contribution in [2.45, 2.75) is 52.1 Å². The van der Waals surface area contributed by atoms with E-state index in [0.29, 0.717) is 6.04 Å². The molecule has 0 saturated carbocycles. The molecule has 0 aliphatic heterocycles. The monoisotopic (exact) mass is 315 g/mol. The summed E-state index contributed by atoms with van der Waals surface area (Å²) in [5, 5.41) is 4.41. The van der Waals surface area contributed by atoms with Gasteiger partial charge in [0.25, 0.3) is 0 Å². The summed E-state index contributed by atoms with van der Waals surface area (Å²) in [6, 6.07) is 0.531. The second-order valence-corrected chi connectivity index (χ2v) is 8.34. The molecule has 0 bridgehead atoms. The van der Waals surface area contributed by atoms with Gasteiger partial charge in [0.2, 0.25) is 0 Å². The maximum absolute atomic E-state index is 4.93. The molecular weight excluding hydrogens is 286 g/mol. The third-order valence-corrected chi connectivity index (χ3v) is 5.23. The summed E-state index contributed by atoms with van der Waals surface area (Å²) in [7, 11) is 4.16. The van der Waals surface area contributed by atoms with E-state index in [-0.39, 0.29) is 5.41 Å². The first-order chi connectivity index (χ1) is 9.31. The summed E-state index contributed by atoms with van der Waals surface area (Å²) in [6.07, 6.45) is 3.36. The Balaban J connectivity index is 2.95. The van der Waals surface area contributed by atoms with Crippen molar-refractivity contribution in [2.24, 2.45) is 0 Å². The summed E-state index contributed by atoms with van der Waals surface area (Å²) in [5.74, 6) is 1.20. The smallest absolute Gasteiger partial charge is 0.185 e. The minimum atomic E-state index is 0.101. The first-order valence-corrected chi connectivity index (χ1v) is 9.38. The first-order valence-electron chi connectivity index (χ1n) is 7.17. The van der Waals surface area contributed by atoms with Gasteiger partial charge in [0.1, 0.15) is 0 Å². The maximum Gasteiger partial charge on any atom is 0.185 e. The normalized spacial score (nSPS) is 13.6. The second kappa shape index (κ2) is 7.66. The average Bonchev–Trinajstić information content (AvgIpc) is 2.79. The van der Waals surface area contributed by atoms with Gasteiger partial charge in [-0.3, -0.25) is 0 Å². The van der Waals surface area contributed by atoms with E-state index in [1.165, 1.54) is 22.7 Å². The fourth-order valence-electron chi connectivity index (χ4n) is 2.03. The lowest BCUT2D eigenvalue weighted by Gasteiger charge is -2.24. The molecule has 0 fully saturated rings. The number of nitrogens with one attached hydrogen (secondary N) is 1. The number of nitrogens with zero attached hydrogens (tertiary/aromatic N) is 2. The van der Waals surface area contributed by atoms with E-state index in [0.717, 1.165) is 11.7 Å². The third kappa shape index (κ3) is 4.64. The fraction of sp³-hybridized carbons (Fsp3) is 0.800. The van der Waals surface area contributed by atoms with E-state index < -0.39 is 0 Å². The van der Waals surface area contributed by atoms with Crippen LogP contribution in [0.25, 0.3) is 0 Å². The van der Waals surface area contributed by atoms with Crippen LogP contribution in [0.2, 0.25) is 0 Å². The van der Waals surface area contributed by atoms with Gasteiger partial charge in [-0.05, 0) is 32.4 Å². The molecular formula is C15H29N3S2. The Morgan fingerprint density at radius 2 is 2.05 bits per heavy atom. The lowest BCUT2D eigenvalue weighted by molar-refractivity contribution is 0.561. The van der Waals surface area contributed by atoms with E-state index in [2.05, 4.69) is 51.2 Å². The second-order valence-electron chi connectivity index (χ2n) is 6.29. The number of thioether (sulfide) groups is 1. The Labute approximate surface area is 132 Å². The van der Waals surface area contributed by atoms with Crippen LogP contribution in [0.1, 0.15) is 44.7 Å². The topological polar surface area (TPSA) is 28.2 Å². The van der Waals surface area contributed by atoms with Gasteiger partial charge in [-0.1, -0.05) is 20.8 Å². The summed E-state index contributed by atoms with van der Waals surface area (Å²) < 4.78 is 0. The molecule has 3 nitrogen and oxygen atoms in total. The number of aromatic nitrogens is 1. The number of anilines is 1. The first kappa shape index (κ1) is 17.8. The molecule has 0 spiro atoms. The summed E-state index contributed by atoms with van der Waals surface area (Å²) in [5.41, 5.74) is 1.33. The van der Waals surface area contributed by atoms with Crippen LogP contribution in [-0.2, 0) is 12.0 Å². The summed E-state index contributed by atoms with van der Waals surface area (Å²) in [4.78, 5) is 8.62. The minimum absolute atomic E-state index is 0.101. The predicted octanol–water partition coefficient (Wildman–Crippen LogP) is 3.74. The quantitative estimate of drug-likeness (QED) is 0.830. The lowest BCUT2D eigenvalue weighted by Crippen LogP contribution is -2.29. The van der Waals surface area contributed by atoms with E-state index in [1.54, 1.807) is 0 Å². The number of rotatable bonds is 7. The minimum Gasteiger partial charge on any atom is -0.348 e. The van der Waals surface area contributed by atoms with Crippen molar-refractivity contribution in [1.82, 2.24) is 10.3 Å². The van der Waals surface area contributed by atoms with Gasteiger partial charge in [-0.2, -0.15) is 11.8 Å². The molecule has 0 aliphatic rings. The highest BCUT2D eigenvalue weighted by Gasteiger charge is 2.25. The molecule has 0 amide bonds. The van der Waals surface area contributed by atoms with Gasteiger partial charge in [0, 0.05) is 29.9 Å². The molecule has 1 unspecified atom stereocenters. The van der Waals surface area contributed by atoms with Crippen LogP contribution in [-0.4, -0.2) is 37.1 Å². The molecule has 0 saturated heterocycles. The van der Waals surface area contributed by atoms with Crippen molar-refractivity contribution >= 4 is 28.2 Å². The number of thiazole rings is 1. The highest BCUT2D eigenvalue weighted by Crippen LogP contribution is 2.34. The van der Waals surface area contributed by atoms with Crippen molar-refractivity contribution in [3.8, 4) is 0 Å². The van der Waals surface area contributed by atoms with Crippen LogP contribution >= 0.6 is 23.1 Å². The van der Waals surface area contributed by atoms with Crippen LogP contribution < -0.4 is 10.2 Å². The average molecular weight is 316 g/mol. The number of hydrogen-bond donors (Lipinski definition) is 1. The Morgan fingerprint density at radius 3 is 2.55 bits per heavy atom. The van der Waals surface area contributed by atoms with Crippen molar-refractivity contribution < 1.29 is 0 Å². The Kier molecular flexibility index (Phi) is 6.82. The van der Waals surface area contributed by atoms with Gasteiger partial charge in [-0.25, -0.2) is 4.98 Å². The largest absolute Gasteiger partial charge is 0.348 e. The Morgan fingerprint density at radius 1 is 1.40 bits per heavy atom.